The molecular formula is C26H27N3O3S. The first kappa shape index (κ1) is 22.6. The average molecular weight is 462 g/mol. The van der Waals surface area contributed by atoms with E-state index in [1.807, 2.05) is 74.5 Å². The van der Waals surface area contributed by atoms with Crippen LogP contribution in [-0.4, -0.2) is 18.2 Å². The van der Waals surface area contributed by atoms with Crippen LogP contribution in [0.2, 0.25) is 0 Å². The van der Waals surface area contributed by atoms with Crippen LogP contribution < -0.4 is 9.46 Å². The Kier molecular flexibility index (Phi) is 6.24. The molecule has 0 aliphatic rings. The van der Waals surface area contributed by atoms with E-state index >= 15 is 0 Å². The molecule has 7 heteroatoms. The molecule has 6 nitrogen and oxygen atoms in total. The molecule has 0 fully saturated rings. The number of rotatable bonds is 7. The number of hydrogen-bond donors (Lipinski definition) is 1. The summed E-state index contributed by atoms with van der Waals surface area (Å²) in [5, 5.41) is 4.58. The Hall–Kier alpha value is -3.58. The molecule has 4 aromatic rings. The molecule has 170 valence electrons. The van der Waals surface area contributed by atoms with Crippen LogP contribution in [0.3, 0.4) is 0 Å². The highest BCUT2D eigenvalue weighted by molar-refractivity contribution is 7.92. The van der Waals surface area contributed by atoms with Gasteiger partial charge in [0, 0.05) is 0 Å². The van der Waals surface area contributed by atoms with Crippen molar-refractivity contribution in [3.8, 4) is 11.5 Å². The third kappa shape index (κ3) is 5.09. The van der Waals surface area contributed by atoms with Gasteiger partial charge in [-0.3, -0.25) is 9.40 Å². The zero-order valence-corrected chi connectivity index (χ0v) is 20.0. The second-order valence-electron chi connectivity index (χ2n) is 8.14. The predicted octanol–water partition coefficient (Wildman–Crippen LogP) is 5.76. The summed E-state index contributed by atoms with van der Waals surface area (Å²) in [5.74, 6) is 1.50. The standard InChI is InChI=1S/C26H27N3O3S/c1-18-13-14-25(19(2)15-18)33(30,31)28-26-20(3)27-29(21(26)4)17-22-9-8-12-24(16-22)32-23-10-6-5-7-11-23/h5-16,28H,17H2,1-4H3. The van der Waals surface area contributed by atoms with Crippen molar-refractivity contribution in [1.82, 2.24) is 9.78 Å². The molecule has 33 heavy (non-hydrogen) atoms. The molecule has 0 aliphatic carbocycles. The summed E-state index contributed by atoms with van der Waals surface area (Å²) in [6.07, 6.45) is 0. The lowest BCUT2D eigenvalue weighted by Gasteiger charge is -2.12. The Morgan fingerprint density at radius 3 is 2.33 bits per heavy atom. The summed E-state index contributed by atoms with van der Waals surface area (Å²) in [7, 11) is -3.73. The van der Waals surface area contributed by atoms with Gasteiger partial charge in [0.1, 0.15) is 11.5 Å². The summed E-state index contributed by atoms with van der Waals surface area (Å²) in [6, 6.07) is 22.7. The van der Waals surface area contributed by atoms with Crippen LogP contribution in [0.4, 0.5) is 5.69 Å². The van der Waals surface area contributed by atoms with Gasteiger partial charge in [0.15, 0.2) is 0 Å². The van der Waals surface area contributed by atoms with Gasteiger partial charge in [0.25, 0.3) is 10.0 Å². The number of para-hydroxylation sites is 1. The van der Waals surface area contributed by atoms with Crippen molar-refractivity contribution in [3.63, 3.8) is 0 Å². The van der Waals surface area contributed by atoms with Crippen LogP contribution in [0.1, 0.15) is 28.1 Å². The van der Waals surface area contributed by atoms with Gasteiger partial charge in [-0.15, -0.1) is 0 Å². The lowest BCUT2D eigenvalue weighted by atomic mass is 10.2. The third-order valence-electron chi connectivity index (χ3n) is 5.45. The van der Waals surface area contributed by atoms with Crippen molar-refractivity contribution in [3.05, 3.63) is 101 Å². The van der Waals surface area contributed by atoms with Crippen molar-refractivity contribution >= 4 is 15.7 Å². The van der Waals surface area contributed by atoms with Crippen LogP contribution in [0.25, 0.3) is 0 Å². The van der Waals surface area contributed by atoms with Crippen LogP contribution in [0.15, 0.2) is 77.7 Å². The monoisotopic (exact) mass is 461 g/mol. The van der Waals surface area contributed by atoms with Gasteiger partial charge in [0.05, 0.1) is 28.5 Å². The second kappa shape index (κ2) is 9.11. The Bertz CT molecular complexity index is 1390. The highest BCUT2D eigenvalue weighted by Gasteiger charge is 2.21. The number of nitrogens with zero attached hydrogens (tertiary/aromatic N) is 2. The van der Waals surface area contributed by atoms with E-state index in [0.29, 0.717) is 23.5 Å². The van der Waals surface area contributed by atoms with Crippen molar-refractivity contribution < 1.29 is 13.2 Å². The Balaban J connectivity index is 1.56. The van der Waals surface area contributed by atoms with Crippen molar-refractivity contribution in [2.75, 3.05) is 4.72 Å². The molecule has 3 aromatic carbocycles. The predicted molar refractivity (Wildman–Crippen MR) is 130 cm³/mol. The van der Waals surface area contributed by atoms with Crippen LogP contribution in [-0.2, 0) is 16.6 Å². The van der Waals surface area contributed by atoms with E-state index in [1.165, 1.54) is 0 Å². The highest BCUT2D eigenvalue weighted by atomic mass is 32.2. The number of aromatic nitrogens is 2. The fourth-order valence-corrected chi connectivity index (χ4v) is 5.20. The fraction of sp³-hybridized carbons (Fsp3) is 0.192. The molecule has 1 N–H and O–H groups in total. The number of aryl methyl sites for hydroxylation is 3. The summed E-state index contributed by atoms with van der Waals surface area (Å²) in [6.45, 7) is 7.90. The van der Waals surface area contributed by atoms with Gasteiger partial charge in [0.2, 0.25) is 0 Å². The summed E-state index contributed by atoms with van der Waals surface area (Å²) >= 11 is 0. The molecule has 0 aliphatic heterocycles. The molecule has 0 atom stereocenters. The minimum Gasteiger partial charge on any atom is -0.457 e. The quantitative estimate of drug-likeness (QED) is 0.380. The van der Waals surface area contributed by atoms with Gasteiger partial charge >= 0.3 is 0 Å². The molecule has 0 amide bonds. The molecule has 0 radical (unpaired) electrons. The molecule has 4 rings (SSSR count). The highest BCUT2D eigenvalue weighted by Crippen LogP contribution is 2.27. The smallest absolute Gasteiger partial charge is 0.262 e. The number of sulfonamides is 1. The maximum Gasteiger partial charge on any atom is 0.262 e. The maximum atomic E-state index is 13.1. The lowest BCUT2D eigenvalue weighted by Crippen LogP contribution is -2.15. The molecule has 0 unspecified atom stereocenters. The first-order valence-corrected chi connectivity index (χ1v) is 12.2. The van der Waals surface area contributed by atoms with E-state index in [1.54, 1.807) is 30.7 Å². The van der Waals surface area contributed by atoms with E-state index in [9.17, 15) is 8.42 Å². The van der Waals surface area contributed by atoms with E-state index < -0.39 is 10.0 Å². The maximum absolute atomic E-state index is 13.1. The van der Waals surface area contributed by atoms with E-state index in [4.69, 9.17) is 4.74 Å². The van der Waals surface area contributed by atoms with E-state index in [0.717, 1.165) is 28.3 Å². The number of nitrogens with one attached hydrogen (secondary N) is 1. The van der Waals surface area contributed by atoms with Gasteiger partial charge in [-0.1, -0.05) is 48.0 Å². The van der Waals surface area contributed by atoms with Crippen LogP contribution in [0.5, 0.6) is 11.5 Å². The van der Waals surface area contributed by atoms with E-state index in [-0.39, 0.29) is 4.90 Å². The molecule has 1 aromatic heterocycles. The van der Waals surface area contributed by atoms with Gasteiger partial charge in [-0.2, -0.15) is 5.10 Å². The molecule has 1 heterocycles. The third-order valence-corrected chi connectivity index (χ3v) is 6.96. The Morgan fingerprint density at radius 2 is 1.61 bits per heavy atom. The van der Waals surface area contributed by atoms with Crippen LogP contribution >= 0.6 is 0 Å². The minimum absolute atomic E-state index is 0.269. The summed E-state index contributed by atoms with van der Waals surface area (Å²) in [5.41, 5.74) is 4.60. The van der Waals surface area contributed by atoms with E-state index in [2.05, 4.69) is 9.82 Å². The largest absolute Gasteiger partial charge is 0.457 e. The number of ether oxygens (including phenoxy) is 1. The molecule has 0 saturated carbocycles. The average Bonchev–Trinajstić information content (AvgIpc) is 3.01. The number of hydrogen-bond acceptors (Lipinski definition) is 4. The molecule has 0 spiro atoms. The van der Waals surface area contributed by atoms with Gasteiger partial charge in [-0.25, -0.2) is 8.42 Å². The first-order valence-electron chi connectivity index (χ1n) is 10.7. The lowest BCUT2D eigenvalue weighted by molar-refractivity contribution is 0.481. The fourth-order valence-electron chi connectivity index (χ4n) is 3.79. The first-order chi connectivity index (χ1) is 15.7. The second-order valence-corrected chi connectivity index (χ2v) is 9.79. The van der Waals surface area contributed by atoms with Crippen molar-refractivity contribution in [2.24, 2.45) is 0 Å². The summed E-state index contributed by atoms with van der Waals surface area (Å²) < 4.78 is 36.6. The number of benzene rings is 3. The molecule has 0 saturated heterocycles. The number of anilines is 1. The zero-order chi connectivity index (χ0) is 23.6. The zero-order valence-electron chi connectivity index (χ0n) is 19.2. The Labute approximate surface area is 194 Å². The topological polar surface area (TPSA) is 73.2 Å². The van der Waals surface area contributed by atoms with Crippen molar-refractivity contribution in [1.29, 1.82) is 0 Å². The molecular weight excluding hydrogens is 434 g/mol. The van der Waals surface area contributed by atoms with Crippen LogP contribution in [0, 0.1) is 27.7 Å². The normalized spacial score (nSPS) is 11.4. The Morgan fingerprint density at radius 1 is 0.879 bits per heavy atom. The molecule has 0 bridgehead atoms. The van der Waals surface area contributed by atoms with Gasteiger partial charge in [-0.05, 0) is 69.2 Å². The SMILES string of the molecule is Cc1ccc(S(=O)(=O)Nc2c(C)nn(Cc3cccc(Oc4ccccc4)c3)c2C)c(C)c1. The summed E-state index contributed by atoms with van der Waals surface area (Å²) in [4.78, 5) is 0.269. The minimum atomic E-state index is -3.73. The van der Waals surface area contributed by atoms with Crippen molar-refractivity contribution in [2.45, 2.75) is 39.1 Å². The van der Waals surface area contributed by atoms with Gasteiger partial charge < -0.3 is 4.74 Å².